The zero-order chi connectivity index (χ0) is 25.6. The number of rotatable bonds is 2. The van der Waals surface area contributed by atoms with Crippen LogP contribution in [0.4, 0.5) is 0 Å². The first-order valence-corrected chi connectivity index (χ1v) is 13.2. The Morgan fingerprint density at radius 2 is 1.33 bits per heavy atom. The molecule has 0 radical (unpaired) electrons. The number of carbonyl (C=O) groups is 2. The van der Waals surface area contributed by atoms with E-state index in [9.17, 15) is 9.59 Å². The average molecular weight is 485 g/mol. The third-order valence-corrected chi connectivity index (χ3v) is 9.21. The van der Waals surface area contributed by atoms with Crippen LogP contribution in [0.2, 0.25) is 0 Å². The normalized spacial score (nSPS) is 33.9. The molecule has 2 heterocycles. The number of benzene rings is 2. The van der Waals surface area contributed by atoms with Crippen molar-refractivity contribution < 1.29 is 19.1 Å². The molecule has 1 saturated heterocycles. The second-order valence-electron chi connectivity index (χ2n) is 13.1. The van der Waals surface area contributed by atoms with Crippen molar-refractivity contribution in [3.8, 4) is 0 Å². The highest BCUT2D eigenvalue weighted by Gasteiger charge is 2.77. The highest BCUT2D eigenvalue weighted by molar-refractivity contribution is 6.00. The monoisotopic (exact) mass is 484 g/mol. The molecule has 4 aliphatic rings. The number of carbonyl (C=O) groups excluding carboxylic acids is 2. The lowest BCUT2D eigenvalue weighted by molar-refractivity contribution is -0.298. The molecular formula is C32H36O4. The first-order valence-electron chi connectivity index (χ1n) is 13.2. The predicted molar refractivity (Wildman–Crippen MR) is 138 cm³/mol. The van der Waals surface area contributed by atoms with Crippen LogP contribution >= 0.6 is 0 Å². The van der Waals surface area contributed by atoms with Crippen LogP contribution in [-0.2, 0) is 24.7 Å². The lowest BCUT2D eigenvalue weighted by atomic mass is 9.51. The predicted octanol–water partition coefficient (Wildman–Crippen LogP) is 6.73. The zero-order valence-electron chi connectivity index (χ0n) is 22.0. The minimum Gasteiger partial charge on any atom is -0.465 e. The molecule has 4 nitrogen and oxygen atoms in total. The SMILES string of the molecule is CC1C2=C(CC(C)(C)CC2=O)OC23CC(C)(C)CC(=O)C12CC(c1ccccc1)(c1ccccc1)O3. The third kappa shape index (κ3) is 3.09. The summed E-state index contributed by atoms with van der Waals surface area (Å²) >= 11 is 0. The van der Waals surface area contributed by atoms with E-state index >= 15 is 0 Å². The topological polar surface area (TPSA) is 52.6 Å². The molecule has 4 heteroatoms. The second-order valence-corrected chi connectivity index (χ2v) is 13.1. The van der Waals surface area contributed by atoms with E-state index in [0.717, 1.165) is 22.5 Å². The van der Waals surface area contributed by atoms with Gasteiger partial charge in [-0.3, -0.25) is 9.59 Å². The van der Waals surface area contributed by atoms with Gasteiger partial charge in [-0.1, -0.05) is 95.3 Å². The van der Waals surface area contributed by atoms with Crippen LogP contribution in [0.3, 0.4) is 0 Å². The van der Waals surface area contributed by atoms with Gasteiger partial charge in [-0.25, -0.2) is 0 Å². The van der Waals surface area contributed by atoms with Crippen molar-refractivity contribution in [1.82, 2.24) is 0 Å². The summed E-state index contributed by atoms with van der Waals surface area (Å²) in [5, 5.41) is 0. The molecule has 0 N–H and O–H groups in total. The molecule has 0 amide bonds. The van der Waals surface area contributed by atoms with Crippen LogP contribution in [0, 0.1) is 22.2 Å². The highest BCUT2D eigenvalue weighted by Crippen LogP contribution is 2.71. The van der Waals surface area contributed by atoms with Gasteiger partial charge in [0.2, 0.25) is 5.79 Å². The Balaban J connectivity index is 1.63. The van der Waals surface area contributed by atoms with Gasteiger partial charge in [0, 0.05) is 43.6 Å². The maximum Gasteiger partial charge on any atom is 0.225 e. The Kier molecular flexibility index (Phi) is 4.87. The van der Waals surface area contributed by atoms with Gasteiger partial charge in [-0.15, -0.1) is 0 Å². The Labute approximate surface area is 214 Å². The molecule has 2 aliphatic heterocycles. The molecule has 2 aromatic rings. The van der Waals surface area contributed by atoms with Crippen molar-refractivity contribution in [1.29, 1.82) is 0 Å². The number of allylic oxidation sites excluding steroid dienone is 2. The molecule has 1 saturated carbocycles. The Hall–Kier alpha value is -2.72. The van der Waals surface area contributed by atoms with Gasteiger partial charge < -0.3 is 9.47 Å². The number of ketones is 2. The molecule has 3 atom stereocenters. The van der Waals surface area contributed by atoms with E-state index in [0.29, 0.717) is 32.1 Å². The van der Waals surface area contributed by atoms with E-state index in [2.05, 4.69) is 58.9 Å². The summed E-state index contributed by atoms with van der Waals surface area (Å²) in [6.45, 7) is 10.6. The van der Waals surface area contributed by atoms with Crippen LogP contribution in [0.15, 0.2) is 72.0 Å². The van der Waals surface area contributed by atoms with E-state index < -0.39 is 16.8 Å². The van der Waals surface area contributed by atoms with E-state index in [1.54, 1.807) is 0 Å². The van der Waals surface area contributed by atoms with Crippen molar-refractivity contribution >= 4 is 11.6 Å². The average Bonchev–Trinajstić information content (AvgIpc) is 3.12. The molecule has 2 fully saturated rings. The van der Waals surface area contributed by atoms with E-state index in [1.807, 2.05) is 36.4 Å². The minimum atomic E-state index is -1.14. The molecule has 188 valence electrons. The molecule has 2 aliphatic carbocycles. The van der Waals surface area contributed by atoms with Crippen molar-refractivity contribution in [3.63, 3.8) is 0 Å². The van der Waals surface area contributed by atoms with Crippen LogP contribution < -0.4 is 0 Å². The summed E-state index contributed by atoms with van der Waals surface area (Å²) in [7, 11) is 0. The number of hydrogen-bond donors (Lipinski definition) is 0. The second kappa shape index (κ2) is 7.41. The van der Waals surface area contributed by atoms with Gasteiger partial charge in [-0.2, -0.15) is 0 Å². The molecule has 36 heavy (non-hydrogen) atoms. The smallest absolute Gasteiger partial charge is 0.225 e. The number of Topliss-reactive ketones (excluding diaryl/α,β-unsaturated/α-hetero) is 2. The molecule has 0 aromatic heterocycles. The summed E-state index contributed by atoms with van der Waals surface area (Å²) < 4.78 is 14.3. The van der Waals surface area contributed by atoms with E-state index in [4.69, 9.17) is 9.47 Å². The fraction of sp³-hybridized carbons (Fsp3) is 0.500. The largest absolute Gasteiger partial charge is 0.465 e. The summed E-state index contributed by atoms with van der Waals surface area (Å²) in [5.41, 5.74) is 0.475. The molecule has 6 rings (SSSR count). The van der Waals surface area contributed by atoms with Crippen molar-refractivity contribution in [2.24, 2.45) is 22.2 Å². The fourth-order valence-corrected chi connectivity index (χ4v) is 7.80. The quantitative estimate of drug-likeness (QED) is 0.474. The van der Waals surface area contributed by atoms with Gasteiger partial charge in [0.15, 0.2) is 5.78 Å². The van der Waals surface area contributed by atoms with Gasteiger partial charge in [0.25, 0.3) is 0 Å². The molecule has 0 bridgehead atoms. The maximum absolute atomic E-state index is 14.4. The molecular weight excluding hydrogens is 448 g/mol. The lowest BCUT2D eigenvalue weighted by Gasteiger charge is -2.57. The van der Waals surface area contributed by atoms with E-state index in [1.165, 1.54) is 0 Å². The van der Waals surface area contributed by atoms with Gasteiger partial charge in [0.1, 0.15) is 22.6 Å². The van der Waals surface area contributed by atoms with Crippen molar-refractivity contribution in [3.05, 3.63) is 83.1 Å². The summed E-state index contributed by atoms with van der Waals surface area (Å²) in [6, 6.07) is 20.5. The maximum atomic E-state index is 14.4. The fourth-order valence-electron chi connectivity index (χ4n) is 7.80. The summed E-state index contributed by atoms with van der Waals surface area (Å²) in [5.74, 6) is -0.399. The zero-order valence-corrected chi connectivity index (χ0v) is 22.0. The Bertz CT molecular complexity index is 1230. The Morgan fingerprint density at radius 3 is 1.92 bits per heavy atom. The van der Waals surface area contributed by atoms with Crippen LogP contribution in [-0.4, -0.2) is 17.4 Å². The molecule has 3 unspecified atom stereocenters. The van der Waals surface area contributed by atoms with Crippen LogP contribution in [0.5, 0.6) is 0 Å². The number of hydrogen-bond acceptors (Lipinski definition) is 4. The number of ether oxygens (including phenoxy) is 2. The first kappa shape index (κ1) is 23.7. The first-order chi connectivity index (χ1) is 16.9. The molecule has 0 spiro atoms. The summed E-state index contributed by atoms with van der Waals surface area (Å²) in [6.07, 6.45) is 2.66. The third-order valence-electron chi connectivity index (χ3n) is 9.21. The Morgan fingerprint density at radius 1 is 0.750 bits per heavy atom. The standard InChI is InChI=1S/C32H36O4/c1-21-27-24(33)16-28(2,3)17-25(27)35-32-19-29(4,5)18-26(34)30(21,32)20-31(36-32,22-12-8-6-9-13-22)23-14-10-7-11-15-23/h6-15,21H,16-20H2,1-5H3. The van der Waals surface area contributed by atoms with Gasteiger partial charge >= 0.3 is 0 Å². The van der Waals surface area contributed by atoms with Crippen LogP contribution in [0.1, 0.15) is 77.8 Å². The minimum absolute atomic E-state index is 0.117. The van der Waals surface area contributed by atoms with Gasteiger partial charge in [0.05, 0.1) is 0 Å². The van der Waals surface area contributed by atoms with Gasteiger partial charge in [-0.05, 0) is 22.0 Å². The lowest BCUT2D eigenvalue weighted by Crippen LogP contribution is -2.64. The van der Waals surface area contributed by atoms with E-state index in [-0.39, 0.29) is 28.3 Å². The van der Waals surface area contributed by atoms with Crippen molar-refractivity contribution in [2.75, 3.05) is 0 Å². The summed E-state index contributed by atoms with van der Waals surface area (Å²) in [4.78, 5) is 28.0. The van der Waals surface area contributed by atoms with Crippen molar-refractivity contribution in [2.45, 2.75) is 78.1 Å². The highest BCUT2D eigenvalue weighted by atomic mass is 16.7. The molecule has 2 aromatic carbocycles. The van der Waals surface area contributed by atoms with Crippen LogP contribution in [0.25, 0.3) is 0 Å².